The van der Waals surface area contributed by atoms with Gasteiger partial charge < -0.3 is 10.1 Å². The van der Waals surface area contributed by atoms with Crippen molar-refractivity contribution >= 4 is 16.8 Å². The van der Waals surface area contributed by atoms with Crippen LogP contribution in [0.4, 0.5) is 4.39 Å². The fourth-order valence-corrected chi connectivity index (χ4v) is 4.78. The lowest BCUT2D eigenvalue weighted by Crippen LogP contribution is -2.40. The van der Waals surface area contributed by atoms with Crippen LogP contribution in [-0.4, -0.2) is 24.0 Å². The predicted octanol–water partition coefficient (Wildman–Crippen LogP) is 5.40. The number of rotatable bonds is 6. The molecule has 4 nitrogen and oxygen atoms in total. The highest BCUT2D eigenvalue weighted by Gasteiger charge is 2.27. The van der Waals surface area contributed by atoms with Crippen LogP contribution in [0.3, 0.4) is 0 Å². The minimum absolute atomic E-state index is 0.0513. The maximum Gasteiger partial charge on any atom is 0.224 e. The number of ether oxygens (including phenoxy) is 1. The van der Waals surface area contributed by atoms with Gasteiger partial charge in [0, 0.05) is 17.6 Å². The van der Waals surface area contributed by atoms with Crippen LogP contribution in [0.25, 0.3) is 10.9 Å². The first-order chi connectivity index (χ1) is 15.0. The number of nitrogens with zero attached hydrogens (tertiary/aromatic N) is 1. The number of amides is 1. The van der Waals surface area contributed by atoms with Crippen LogP contribution in [0.15, 0.2) is 54.7 Å². The van der Waals surface area contributed by atoms with Crippen LogP contribution in [-0.2, 0) is 11.2 Å². The average Bonchev–Trinajstić information content (AvgIpc) is 2.79. The largest absolute Gasteiger partial charge is 0.497 e. The molecular weight excluding hydrogens is 391 g/mol. The van der Waals surface area contributed by atoms with Gasteiger partial charge in [0.25, 0.3) is 0 Å². The fraction of sp³-hybridized carbons (Fsp3) is 0.385. The van der Waals surface area contributed by atoms with E-state index in [1.54, 1.807) is 19.2 Å². The molecule has 5 heteroatoms. The summed E-state index contributed by atoms with van der Waals surface area (Å²) in [6.07, 6.45) is 6.38. The summed E-state index contributed by atoms with van der Waals surface area (Å²) in [7, 11) is 1.63. The highest BCUT2D eigenvalue weighted by atomic mass is 19.1. The van der Waals surface area contributed by atoms with Gasteiger partial charge in [-0.2, -0.15) is 0 Å². The molecule has 0 spiro atoms. The summed E-state index contributed by atoms with van der Waals surface area (Å²) in [6.45, 7) is 2.11. The molecule has 0 saturated heterocycles. The van der Waals surface area contributed by atoms with Crippen molar-refractivity contribution in [3.63, 3.8) is 0 Å². The van der Waals surface area contributed by atoms with E-state index in [9.17, 15) is 9.18 Å². The highest BCUT2D eigenvalue weighted by molar-refractivity contribution is 5.82. The smallest absolute Gasteiger partial charge is 0.224 e. The molecule has 1 atom stereocenters. The third-order valence-electron chi connectivity index (χ3n) is 6.57. The first kappa shape index (κ1) is 21.3. The Morgan fingerprint density at radius 3 is 2.58 bits per heavy atom. The van der Waals surface area contributed by atoms with E-state index in [4.69, 9.17) is 4.74 Å². The number of carbonyl (C=O) groups excluding carboxylic acids is 1. The topological polar surface area (TPSA) is 51.2 Å². The van der Waals surface area contributed by atoms with E-state index in [0.29, 0.717) is 18.3 Å². The SMILES string of the molecule is COc1ccc(CC(=O)N[C@H](C)C2CCC(c3ccnc4ccc(F)cc34)CC2)cc1. The molecule has 0 bridgehead atoms. The third-order valence-corrected chi connectivity index (χ3v) is 6.57. The van der Waals surface area contributed by atoms with Crippen molar-refractivity contribution < 1.29 is 13.9 Å². The molecule has 0 radical (unpaired) electrons. The first-order valence-electron chi connectivity index (χ1n) is 11.0. The summed E-state index contributed by atoms with van der Waals surface area (Å²) >= 11 is 0. The number of methoxy groups -OCH3 is 1. The van der Waals surface area contributed by atoms with Crippen molar-refractivity contribution in [1.29, 1.82) is 0 Å². The summed E-state index contributed by atoms with van der Waals surface area (Å²) < 4.78 is 19.0. The second kappa shape index (κ2) is 9.46. The van der Waals surface area contributed by atoms with Gasteiger partial charge >= 0.3 is 0 Å². The van der Waals surface area contributed by atoms with Crippen LogP contribution in [0.5, 0.6) is 5.75 Å². The zero-order valence-electron chi connectivity index (χ0n) is 18.1. The molecule has 162 valence electrons. The van der Waals surface area contributed by atoms with Crippen molar-refractivity contribution in [3.05, 3.63) is 71.7 Å². The van der Waals surface area contributed by atoms with Gasteiger partial charge in [-0.1, -0.05) is 12.1 Å². The molecule has 1 amide bonds. The van der Waals surface area contributed by atoms with Crippen molar-refractivity contribution in [2.24, 2.45) is 5.92 Å². The van der Waals surface area contributed by atoms with Gasteiger partial charge in [-0.25, -0.2) is 4.39 Å². The molecule has 1 aliphatic rings. The summed E-state index contributed by atoms with van der Waals surface area (Å²) in [4.78, 5) is 16.9. The molecule has 1 saturated carbocycles. The zero-order chi connectivity index (χ0) is 21.8. The molecule has 31 heavy (non-hydrogen) atoms. The van der Waals surface area contributed by atoms with Crippen molar-refractivity contribution in [2.45, 2.75) is 51.0 Å². The van der Waals surface area contributed by atoms with Gasteiger partial charge in [0.2, 0.25) is 5.91 Å². The van der Waals surface area contributed by atoms with Crippen LogP contribution in [0.2, 0.25) is 0 Å². The monoisotopic (exact) mass is 420 g/mol. The van der Waals surface area contributed by atoms with E-state index in [0.717, 1.165) is 47.9 Å². The van der Waals surface area contributed by atoms with Crippen LogP contribution in [0.1, 0.15) is 49.7 Å². The average molecular weight is 421 g/mol. The number of halogens is 1. The standard InChI is InChI=1S/C26H29FN2O2/c1-17(29-26(30)15-18-3-10-22(31-2)11-4-18)19-5-7-20(8-6-19)23-13-14-28-25-12-9-21(27)16-24(23)25/h3-4,9-14,16-17,19-20H,5-8,15H2,1-2H3,(H,29,30)/t17-,19?,20?/m1/s1. The molecule has 0 aliphatic heterocycles. The normalized spacial score (nSPS) is 19.7. The number of fused-ring (bicyclic) bond motifs is 1. The molecule has 1 heterocycles. The summed E-state index contributed by atoms with van der Waals surface area (Å²) in [5.41, 5.74) is 3.02. The first-order valence-corrected chi connectivity index (χ1v) is 11.0. The molecule has 0 unspecified atom stereocenters. The second-order valence-corrected chi connectivity index (χ2v) is 8.55. The van der Waals surface area contributed by atoms with Crippen molar-refractivity contribution in [3.8, 4) is 5.75 Å². The number of aromatic nitrogens is 1. The second-order valence-electron chi connectivity index (χ2n) is 8.55. The van der Waals surface area contributed by atoms with Gasteiger partial charge in [-0.3, -0.25) is 9.78 Å². The predicted molar refractivity (Wildman–Crippen MR) is 121 cm³/mol. The Morgan fingerprint density at radius 1 is 1.13 bits per heavy atom. The van der Waals surface area contributed by atoms with Crippen molar-refractivity contribution in [2.75, 3.05) is 7.11 Å². The van der Waals surface area contributed by atoms with E-state index in [1.165, 1.54) is 11.6 Å². The molecular formula is C26H29FN2O2. The summed E-state index contributed by atoms with van der Waals surface area (Å²) in [6, 6.07) is 14.6. The van der Waals surface area contributed by atoms with Gasteiger partial charge in [0.15, 0.2) is 0 Å². The van der Waals surface area contributed by atoms with Gasteiger partial charge in [0.1, 0.15) is 11.6 Å². The van der Waals surface area contributed by atoms with Crippen LogP contribution >= 0.6 is 0 Å². The van der Waals surface area contributed by atoms with Gasteiger partial charge in [0.05, 0.1) is 19.0 Å². The van der Waals surface area contributed by atoms with E-state index in [1.807, 2.05) is 36.5 Å². The molecule has 1 N–H and O–H groups in total. The zero-order valence-corrected chi connectivity index (χ0v) is 18.1. The Kier molecular flexibility index (Phi) is 6.50. The van der Waals surface area contributed by atoms with Crippen LogP contribution in [0, 0.1) is 11.7 Å². The maximum atomic E-state index is 13.8. The number of benzene rings is 2. The summed E-state index contributed by atoms with van der Waals surface area (Å²) in [5, 5.41) is 4.11. The molecule has 1 fully saturated rings. The molecule has 2 aromatic carbocycles. The Hall–Kier alpha value is -2.95. The number of pyridine rings is 1. The number of carbonyl (C=O) groups is 1. The third kappa shape index (κ3) is 5.04. The summed E-state index contributed by atoms with van der Waals surface area (Å²) in [5.74, 6) is 1.49. The Morgan fingerprint density at radius 2 is 1.87 bits per heavy atom. The number of hydrogen-bond donors (Lipinski definition) is 1. The lowest BCUT2D eigenvalue weighted by molar-refractivity contribution is -0.121. The minimum Gasteiger partial charge on any atom is -0.497 e. The lowest BCUT2D eigenvalue weighted by Gasteiger charge is -2.33. The Balaban J connectivity index is 1.33. The van der Waals surface area contributed by atoms with Gasteiger partial charge in [-0.05, 0) is 92.0 Å². The minimum atomic E-state index is -0.219. The Labute approximate surface area is 182 Å². The van der Waals surface area contributed by atoms with E-state index < -0.39 is 0 Å². The van der Waals surface area contributed by atoms with E-state index in [2.05, 4.69) is 17.2 Å². The lowest BCUT2D eigenvalue weighted by atomic mass is 9.75. The maximum absolute atomic E-state index is 13.8. The van der Waals surface area contributed by atoms with Crippen molar-refractivity contribution in [1.82, 2.24) is 10.3 Å². The molecule has 3 aromatic rings. The van der Waals surface area contributed by atoms with E-state index in [-0.39, 0.29) is 17.8 Å². The van der Waals surface area contributed by atoms with E-state index >= 15 is 0 Å². The quantitative estimate of drug-likeness (QED) is 0.581. The highest BCUT2D eigenvalue weighted by Crippen LogP contribution is 2.39. The fourth-order valence-electron chi connectivity index (χ4n) is 4.78. The number of nitrogens with one attached hydrogen (secondary N) is 1. The number of hydrogen-bond acceptors (Lipinski definition) is 3. The molecule has 4 rings (SSSR count). The van der Waals surface area contributed by atoms with Crippen LogP contribution < -0.4 is 10.1 Å². The molecule has 1 aliphatic carbocycles. The van der Waals surface area contributed by atoms with Gasteiger partial charge in [-0.15, -0.1) is 0 Å². The molecule has 1 aromatic heterocycles. The Bertz CT molecular complexity index is 1040.